The van der Waals surface area contributed by atoms with Gasteiger partial charge in [0.2, 0.25) is 0 Å². The Labute approximate surface area is 691 Å². The summed E-state index contributed by atoms with van der Waals surface area (Å²) in [5, 5.41) is 8.51. The standard InChI is InChI=1S/C41H53ClN5O3S.C37H48ClN5O3S.C4H5I.C2H5.CH4O.CH4.V/c1-8-10-12-23-45-25-15-17-33-38(45)43-35(40(33,3)4)21-19-31-29-47(7,27-11-9-2)30-32(37(31)42)20-22-36-41(5,6)34-18-16-26-46(39(34)44-36)24-13-14-28-51(48,49)50;1-7-8-9-20-42-22-12-14-29-34(42)39-31(36(29,2)3)18-16-27-25-41(6)26-28(33(27)38)17-19-32-37(4,5)30-15-13-23-43(35(30)40-32)21-10-11-24-47(44,45)46;1-2-3-4-5;2*1-2;;/h2,15-22,25-26H,8,10-14,23-24,27-30H2,1,3-7H3;12-19,22-23H,7-11,20-21,24-26H2,1-6H3;1H,3-4H2;1H2,2H3;2H,1H3;1H4;/q+1;;;-1;;;. The second-order valence-corrected chi connectivity index (χ2v) is 35.0. The van der Waals surface area contributed by atoms with Crippen molar-refractivity contribution in [3.05, 3.63) is 195 Å². The number of terminal acetylenes is 2. The maximum Gasteiger partial charge on any atom is 0.327 e. The molecule has 0 aromatic carbocycles. The van der Waals surface area contributed by atoms with Crippen LogP contribution in [0.5, 0.6) is 0 Å². The molecule has 8 aliphatic heterocycles. The van der Waals surface area contributed by atoms with E-state index in [9.17, 15) is 25.9 Å². The minimum absolute atomic E-state index is 0. The van der Waals surface area contributed by atoms with Gasteiger partial charge >= 0.3 is 11.6 Å². The van der Waals surface area contributed by atoms with Crippen LogP contribution >= 0.6 is 45.8 Å². The summed E-state index contributed by atoms with van der Waals surface area (Å²) in [7, 11) is -3.09. The van der Waals surface area contributed by atoms with E-state index < -0.39 is 20.2 Å². The van der Waals surface area contributed by atoms with Gasteiger partial charge in [-0.15, -0.1) is 24.7 Å². The summed E-state index contributed by atoms with van der Waals surface area (Å²) < 4.78 is 72.7. The fourth-order valence-corrected chi connectivity index (χ4v) is 16.0. The van der Waals surface area contributed by atoms with Gasteiger partial charge in [0.25, 0.3) is 0 Å². The number of pyridine rings is 2. The smallest absolute Gasteiger partial charge is 0.327 e. The molecule has 0 bridgehead atoms. The van der Waals surface area contributed by atoms with Crippen LogP contribution in [0.25, 0.3) is 0 Å². The van der Waals surface area contributed by atoms with Gasteiger partial charge in [0.05, 0.1) is 104 Å². The molecule has 0 fully saturated rings. The van der Waals surface area contributed by atoms with Crippen LogP contribution in [-0.2, 0) is 62.7 Å². The van der Waals surface area contributed by atoms with Crippen molar-refractivity contribution >= 4 is 101 Å². The van der Waals surface area contributed by atoms with E-state index in [2.05, 4.69) is 236 Å². The monoisotopic (exact) mass is 1720 g/mol. The Kier molecular flexibility index (Phi) is 38.1. The minimum atomic E-state index is -4.22. The average Bonchev–Trinajstić information content (AvgIpc) is 1.63. The molecular formula is C86H119Cl2IN10O7S2V. The van der Waals surface area contributed by atoms with Crippen molar-refractivity contribution in [2.24, 2.45) is 30.8 Å². The fourth-order valence-electron chi connectivity index (χ4n) is 14.1. The Hall–Kier alpha value is -5.83. The number of hydrogen-bond acceptors (Lipinski definition) is 14. The molecule has 17 nitrogen and oxygen atoms in total. The maximum absolute atomic E-state index is 11.1. The molecule has 1 radical (unpaired) electrons. The summed E-state index contributed by atoms with van der Waals surface area (Å²) in [4.78, 5) is 26.8. The Bertz CT molecular complexity index is 4400. The third-order valence-electron chi connectivity index (χ3n) is 20.3. The predicted molar refractivity (Wildman–Crippen MR) is 457 cm³/mol. The normalized spacial score (nSPS) is 21.2. The third kappa shape index (κ3) is 25.3. The van der Waals surface area contributed by atoms with Gasteiger partial charge < -0.3 is 35.4 Å². The van der Waals surface area contributed by atoms with Gasteiger partial charge in [0.15, 0.2) is 11.4 Å². The molecule has 2 aromatic rings. The number of fused-ring (bicyclic) bond motifs is 4. The van der Waals surface area contributed by atoms with Gasteiger partial charge in [-0.3, -0.25) is 4.90 Å². The van der Waals surface area contributed by atoms with Gasteiger partial charge in [-0.2, -0.15) is 6.92 Å². The number of aliphatic hydroxyl groups excluding tert-OH is 1. The summed E-state index contributed by atoms with van der Waals surface area (Å²) >= 11 is 16.6. The van der Waals surface area contributed by atoms with Gasteiger partial charge in [0.1, 0.15) is 24.8 Å². The number of quaternary nitrogens is 1. The molecule has 0 saturated carbocycles. The molecule has 0 aliphatic carbocycles. The summed E-state index contributed by atoms with van der Waals surface area (Å²) in [5.74, 6) is 8.47. The molecule has 10 heterocycles. The van der Waals surface area contributed by atoms with Crippen LogP contribution in [0.15, 0.2) is 197 Å². The molecule has 1 N–H and O–H groups in total. The molecule has 0 spiro atoms. The van der Waals surface area contributed by atoms with Crippen molar-refractivity contribution in [1.29, 1.82) is 0 Å². The number of allylic oxidation sites excluding steroid dienone is 12. The summed E-state index contributed by atoms with van der Waals surface area (Å²) in [5.41, 5.74) is 11.7. The summed E-state index contributed by atoms with van der Waals surface area (Å²) in [6, 6.07) is 8.66. The molecule has 109 heavy (non-hydrogen) atoms. The first-order valence-corrected chi connectivity index (χ1v) is 42.8. The molecule has 593 valence electrons. The van der Waals surface area contributed by atoms with E-state index in [0.717, 1.165) is 171 Å². The van der Waals surface area contributed by atoms with Crippen LogP contribution in [0.3, 0.4) is 0 Å². The minimum Gasteiger partial charge on any atom is -0.748 e. The summed E-state index contributed by atoms with van der Waals surface area (Å²) in [6.07, 6.45) is 54.4. The largest absolute Gasteiger partial charge is 0.748 e. The quantitative estimate of drug-likeness (QED) is 0.0131. The molecule has 8 aliphatic rings. The molecule has 2 aromatic heterocycles. The number of hydrogen-bond donors (Lipinski definition) is 1. The SMILES string of the molecule is C.C#CCCI.C#CCC[N+]1(C)CC(/C=C/C2=Nc3c(ccc[n+]3CCCCC)C2(C)C)=C(Cl)C(=C/C=C2/N=C3C(=CC=CN3CCCCS(=O)(=O)[O-])C2(C)C)/C1.CCCCC[n+]1cccc2c1N=C(/C=C/C1=C(Cl)C(=C/C=C3/N=C4C(=CC=CN4CCCCS(=O)(=O)[O-])C3(C)C)/CN(C)C1)C2(C)C.CO.[CH2-]C.[V]. The number of amidine groups is 2. The van der Waals surface area contributed by atoms with E-state index in [0.29, 0.717) is 45.2 Å². The Morgan fingerprint density at radius 2 is 1.06 bits per heavy atom. The molecule has 23 heteroatoms. The number of aromatic nitrogens is 2. The van der Waals surface area contributed by atoms with E-state index in [-0.39, 0.29) is 59.1 Å². The first kappa shape index (κ1) is 95.5. The fraction of sp³-hybridized carbons (Fsp3) is 0.500. The molecule has 0 saturated heterocycles. The van der Waals surface area contributed by atoms with Crippen LogP contribution < -0.4 is 9.13 Å². The second-order valence-electron chi connectivity index (χ2n) is 30.1. The van der Waals surface area contributed by atoms with Crippen molar-refractivity contribution in [2.75, 3.05) is 83.0 Å². The second kappa shape index (κ2) is 43.4. The van der Waals surface area contributed by atoms with E-state index in [1.807, 2.05) is 34.4 Å². The number of aliphatic imine (C=N–C) groups is 4. The van der Waals surface area contributed by atoms with E-state index >= 15 is 0 Å². The van der Waals surface area contributed by atoms with Crippen molar-refractivity contribution in [1.82, 2.24) is 14.7 Å². The molecule has 10 rings (SSSR count). The van der Waals surface area contributed by atoms with Crippen LogP contribution in [0.2, 0.25) is 0 Å². The van der Waals surface area contributed by atoms with Crippen molar-refractivity contribution in [3.63, 3.8) is 0 Å². The molecule has 1 unspecified atom stereocenters. The van der Waals surface area contributed by atoms with Gasteiger partial charge in [0, 0.05) is 125 Å². The Morgan fingerprint density at radius 3 is 1.47 bits per heavy atom. The topological polar surface area (TPSA) is 202 Å². The molecule has 0 amide bonds. The Morgan fingerprint density at radius 1 is 0.624 bits per heavy atom. The predicted octanol–water partition coefficient (Wildman–Crippen LogP) is 16.8. The first-order valence-electron chi connectivity index (χ1n) is 37.4. The number of unbranched alkanes of at least 4 members (excludes halogenated alkanes) is 6. The number of nitrogens with zero attached hydrogens (tertiary/aromatic N) is 10. The van der Waals surface area contributed by atoms with E-state index in [1.54, 1.807) is 6.92 Å². The maximum atomic E-state index is 11.1. The average molecular weight is 1720 g/mol. The number of aliphatic hydroxyl groups is 1. The number of aryl methyl sites for hydroxylation is 2. The van der Waals surface area contributed by atoms with E-state index in [4.69, 9.17) is 61.1 Å². The zero-order chi connectivity index (χ0) is 79.1. The number of alkyl halides is 1. The van der Waals surface area contributed by atoms with Crippen molar-refractivity contribution in [2.45, 2.75) is 185 Å². The zero-order valence-corrected chi connectivity index (χ0v) is 72.8. The van der Waals surface area contributed by atoms with Crippen LogP contribution in [-0.4, -0.2) is 156 Å². The van der Waals surface area contributed by atoms with Crippen LogP contribution in [0.4, 0.5) is 11.6 Å². The summed E-state index contributed by atoms with van der Waals surface area (Å²) in [6.45, 7) is 34.0. The van der Waals surface area contributed by atoms with Gasteiger partial charge in [-0.1, -0.05) is 138 Å². The zero-order valence-electron chi connectivity index (χ0n) is 66.1. The van der Waals surface area contributed by atoms with E-state index in [1.165, 1.54) is 36.8 Å². The van der Waals surface area contributed by atoms with Gasteiger partial charge in [-0.25, -0.2) is 36.0 Å². The molecular weight excluding hydrogens is 1600 g/mol. The third-order valence-corrected chi connectivity index (χ3v) is 23.4. The number of likely N-dealkylation sites (N-methyl/N-ethyl adjacent to an activating group) is 2. The van der Waals surface area contributed by atoms with Crippen molar-refractivity contribution in [3.8, 4) is 24.7 Å². The van der Waals surface area contributed by atoms with Crippen LogP contribution in [0.1, 0.15) is 172 Å². The first-order chi connectivity index (χ1) is 50.7. The van der Waals surface area contributed by atoms with Gasteiger partial charge in [-0.05, 0) is 174 Å². The van der Waals surface area contributed by atoms with Crippen molar-refractivity contribution < 1.29 is 63.2 Å². The Balaban J connectivity index is 0.000000409. The molecule has 1 atom stereocenters. The number of halogens is 3. The number of rotatable bonds is 27. The van der Waals surface area contributed by atoms with Crippen LogP contribution in [0, 0.1) is 42.4 Å².